The first-order valence-electron chi connectivity index (χ1n) is 4.63. The highest BCUT2D eigenvalue weighted by Crippen LogP contribution is 2.31. The summed E-state index contributed by atoms with van der Waals surface area (Å²) >= 11 is 4.61. The highest BCUT2D eigenvalue weighted by Gasteiger charge is 2.04. The van der Waals surface area contributed by atoms with E-state index in [9.17, 15) is 4.39 Å². The second-order valence-corrected chi connectivity index (χ2v) is 5.28. The van der Waals surface area contributed by atoms with Gasteiger partial charge in [-0.25, -0.2) is 4.39 Å². The van der Waals surface area contributed by atoms with Gasteiger partial charge in [0.1, 0.15) is 5.82 Å². The molecule has 0 saturated heterocycles. The molecule has 0 radical (unpaired) electrons. The van der Waals surface area contributed by atoms with Crippen molar-refractivity contribution in [3.05, 3.63) is 52.8 Å². The lowest BCUT2D eigenvalue weighted by Crippen LogP contribution is -1.84. The van der Waals surface area contributed by atoms with Gasteiger partial charge in [-0.2, -0.15) is 0 Å². The Labute approximate surface area is 106 Å². The molecular weight excluding hydrogens is 289 g/mol. The van der Waals surface area contributed by atoms with E-state index in [0.29, 0.717) is 10.6 Å². The smallest absolute Gasteiger partial charge is 0.138 e. The van der Waals surface area contributed by atoms with Crippen LogP contribution in [0.2, 0.25) is 0 Å². The number of hydrogen-bond acceptors (Lipinski definition) is 2. The Morgan fingerprint density at radius 3 is 2.38 bits per heavy atom. The molecular formula is C12H9BrFNS. The van der Waals surface area contributed by atoms with Crippen LogP contribution in [0.25, 0.3) is 0 Å². The number of nitrogen functional groups attached to an aromatic ring is 1. The van der Waals surface area contributed by atoms with Crippen molar-refractivity contribution in [1.29, 1.82) is 0 Å². The van der Waals surface area contributed by atoms with Crippen LogP contribution in [0.4, 0.5) is 10.1 Å². The fourth-order valence-corrected chi connectivity index (χ4v) is 2.37. The molecule has 0 aliphatic carbocycles. The third-order valence-corrected chi connectivity index (χ3v) is 3.55. The van der Waals surface area contributed by atoms with Gasteiger partial charge < -0.3 is 5.73 Å². The zero-order valence-corrected chi connectivity index (χ0v) is 10.7. The predicted octanol–water partition coefficient (Wildman–Crippen LogP) is 4.32. The number of benzene rings is 2. The number of hydrogen-bond donors (Lipinski definition) is 1. The summed E-state index contributed by atoms with van der Waals surface area (Å²) in [5.74, 6) is -0.226. The van der Waals surface area contributed by atoms with Crippen LogP contribution >= 0.6 is 27.7 Å². The van der Waals surface area contributed by atoms with Crippen LogP contribution in [0.1, 0.15) is 0 Å². The third kappa shape index (κ3) is 2.77. The first kappa shape index (κ1) is 11.5. The molecule has 0 heterocycles. The fraction of sp³-hybridized carbons (Fsp3) is 0. The van der Waals surface area contributed by atoms with E-state index in [4.69, 9.17) is 5.73 Å². The monoisotopic (exact) mass is 297 g/mol. The van der Waals surface area contributed by atoms with Crippen molar-refractivity contribution in [2.24, 2.45) is 0 Å². The van der Waals surface area contributed by atoms with E-state index in [2.05, 4.69) is 15.9 Å². The van der Waals surface area contributed by atoms with Gasteiger partial charge in [0.05, 0.1) is 0 Å². The first-order valence-corrected chi connectivity index (χ1v) is 6.24. The summed E-state index contributed by atoms with van der Waals surface area (Å²) in [5.41, 5.74) is 6.29. The summed E-state index contributed by atoms with van der Waals surface area (Å²) < 4.78 is 14.3. The van der Waals surface area contributed by atoms with Crippen LogP contribution in [0.15, 0.2) is 56.7 Å². The zero-order chi connectivity index (χ0) is 11.5. The largest absolute Gasteiger partial charge is 0.399 e. The molecule has 0 atom stereocenters. The maximum Gasteiger partial charge on any atom is 0.138 e. The van der Waals surface area contributed by atoms with Crippen molar-refractivity contribution < 1.29 is 4.39 Å². The SMILES string of the molecule is Nc1ccc(Sc2ccc(Br)cc2F)cc1. The summed E-state index contributed by atoms with van der Waals surface area (Å²) in [5, 5.41) is 0. The van der Waals surface area contributed by atoms with Crippen LogP contribution in [-0.4, -0.2) is 0 Å². The average Bonchev–Trinajstić information content (AvgIpc) is 2.25. The van der Waals surface area contributed by atoms with E-state index < -0.39 is 0 Å². The molecule has 0 aliphatic heterocycles. The normalized spacial score (nSPS) is 10.4. The van der Waals surface area contributed by atoms with Gasteiger partial charge in [-0.3, -0.25) is 0 Å². The number of nitrogens with two attached hydrogens (primary N) is 1. The lowest BCUT2D eigenvalue weighted by atomic mass is 10.3. The number of halogens is 2. The van der Waals surface area contributed by atoms with Crippen molar-refractivity contribution in [2.45, 2.75) is 9.79 Å². The van der Waals surface area contributed by atoms with Crippen molar-refractivity contribution in [2.75, 3.05) is 5.73 Å². The molecule has 0 aromatic heterocycles. The van der Waals surface area contributed by atoms with Crippen LogP contribution < -0.4 is 5.73 Å². The first-order chi connectivity index (χ1) is 7.65. The van der Waals surface area contributed by atoms with Crippen LogP contribution in [0.3, 0.4) is 0 Å². The Morgan fingerprint density at radius 2 is 1.75 bits per heavy atom. The van der Waals surface area contributed by atoms with Crippen LogP contribution in [0.5, 0.6) is 0 Å². The van der Waals surface area contributed by atoms with Crippen molar-refractivity contribution >= 4 is 33.4 Å². The Balaban J connectivity index is 2.23. The molecule has 0 unspecified atom stereocenters. The minimum atomic E-state index is -0.226. The van der Waals surface area contributed by atoms with Crippen molar-refractivity contribution in [3.63, 3.8) is 0 Å². The second kappa shape index (κ2) is 4.89. The van der Waals surface area contributed by atoms with E-state index in [1.165, 1.54) is 17.8 Å². The van der Waals surface area contributed by atoms with E-state index in [0.717, 1.165) is 9.37 Å². The molecule has 1 nitrogen and oxygen atoms in total. The van der Waals surface area contributed by atoms with Gasteiger partial charge >= 0.3 is 0 Å². The standard InChI is InChI=1S/C12H9BrFNS/c13-8-1-6-12(11(14)7-8)16-10-4-2-9(15)3-5-10/h1-7H,15H2. The Bertz CT molecular complexity index is 499. The fourth-order valence-electron chi connectivity index (χ4n) is 1.22. The predicted molar refractivity (Wildman–Crippen MR) is 69.1 cm³/mol. The molecule has 2 rings (SSSR count). The van der Waals surface area contributed by atoms with E-state index in [-0.39, 0.29) is 5.82 Å². The highest BCUT2D eigenvalue weighted by molar-refractivity contribution is 9.10. The quantitative estimate of drug-likeness (QED) is 0.836. The lowest BCUT2D eigenvalue weighted by molar-refractivity contribution is 0.601. The van der Waals surface area contributed by atoms with Gasteiger partial charge in [0.2, 0.25) is 0 Å². The number of anilines is 1. The van der Waals surface area contributed by atoms with E-state index in [1.807, 2.05) is 18.2 Å². The van der Waals surface area contributed by atoms with Gasteiger partial charge in [0.25, 0.3) is 0 Å². The Kier molecular flexibility index (Phi) is 3.51. The summed E-state index contributed by atoms with van der Waals surface area (Å²) in [7, 11) is 0. The lowest BCUT2D eigenvalue weighted by Gasteiger charge is -2.03. The van der Waals surface area contributed by atoms with Gasteiger partial charge in [0, 0.05) is 20.0 Å². The van der Waals surface area contributed by atoms with Gasteiger partial charge in [0.15, 0.2) is 0 Å². The third-order valence-electron chi connectivity index (χ3n) is 2.00. The molecule has 0 saturated carbocycles. The minimum absolute atomic E-state index is 0.226. The Hall–Kier alpha value is -1.00. The second-order valence-electron chi connectivity index (χ2n) is 3.25. The summed E-state index contributed by atoms with van der Waals surface area (Å²) in [4.78, 5) is 1.57. The van der Waals surface area contributed by atoms with E-state index >= 15 is 0 Å². The molecule has 4 heteroatoms. The maximum atomic E-state index is 13.5. The van der Waals surface area contributed by atoms with Crippen LogP contribution in [-0.2, 0) is 0 Å². The minimum Gasteiger partial charge on any atom is -0.399 e. The molecule has 82 valence electrons. The van der Waals surface area contributed by atoms with Crippen molar-refractivity contribution in [1.82, 2.24) is 0 Å². The summed E-state index contributed by atoms with van der Waals surface area (Å²) in [6, 6.07) is 12.4. The molecule has 2 aromatic rings. The molecule has 0 amide bonds. The van der Waals surface area contributed by atoms with E-state index in [1.54, 1.807) is 18.2 Å². The molecule has 0 bridgehead atoms. The summed E-state index contributed by atoms with van der Waals surface area (Å²) in [6.45, 7) is 0. The van der Waals surface area contributed by atoms with Crippen molar-refractivity contribution in [3.8, 4) is 0 Å². The van der Waals surface area contributed by atoms with Gasteiger partial charge in [-0.05, 0) is 42.5 Å². The van der Waals surface area contributed by atoms with Gasteiger partial charge in [-0.15, -0.1) is 0 Å². The summed E-state index contributed by atoms with van der Waals surface area (Å²) in [6.07, 6.45) is 0. The molecule has 16 heavy (non-hydrogen) atoms. The molecule has 0 aliphatic rings. The molecule has 2 aromatic carbocycles. The van der Waals surface area contributed by atoms with Gasteiger partial charge in [-0.1, -0.05) is 27.7 Å². The number of rotatable bonds is 2. The molecule has 0 fully saturated rings. The Morgan fingerprint density at radius 1 is 1.06 bits per heavy atom. The topological polar surface area (TPSA) is 26.0 Å². The maximum absolute atomic E-state index is 13.5. The highest BCUT2D eigenvalue weighted by atomic mass is 79.9. The van der Waals surface area contributed by atoms with Crippen LogP contribution in [0, 0.1) is 5.82 Å². The molecule has 0 spiro atoms. The molecule has 2 N–H and O–H groups in total. The average molecular weight is 298 g/mol. The zero-order valence-electron chi connectivity index (χ0n) is 8.28.